The number of aromatic nitrogens is 2. The molecule has 2 aromatic carbocycles. The van der Waals surface area contributed by atoms with Gasteiger partial charge in [0, 0.05) is 12.7 Å². The van der Waals surface area contributed by atoms with Gasteiger partial charge in [-0.15, -0.1) is 0 Å². The van der Waals surface area contributed by atoms with Gasteiger partial charge in [-0.3, -0.25) is 0 Å². The molecular weight excluding hydrogens is 260 g/mol. The largest absolute Gasteiger partial charge is 0.381 e. The monoisotopic (exact) mass is 278 g/mol. The average molecular weight is 278 g/mol. The van der Waals surface area contributed by atoms with Crippen molar-refractivity contribution in [2.75, 3.05) is 17.7 Å². The van der Waals surface area contributed by atoms with Crippen molar-refractivity contribution in [3.8, 4) is 0 Å². The van der Waals surface area contributed by atoms with Crippen LogP contribution in [0.4, 0.5) is 17.3 Å². The van der Waals surface area contributed by atoms with Gasteiger partial charge in [0.1, 0.15) is 0 Å². The van der Waals surface area contributed by atoms with Crippen molar-refractivity contribution < 1.29 is 0 Å². The summed E-state index contributed by atoms with van der Waals surface area (Å²) >= 11 is 0. The Kier molecular flexibility index (Phi) is 3.22. The minimum absolute atomic E-state index is 0.440. The lowest BCUT2D eigenvalue weighted by Crippen LogP contribution is -2.15. The number of aryl methyl sites for hydroxylation is 2. The lowest BCUT2D eigenvalue weighted by atomic mass is 10.1. The van der Waals surface area contributed by atoms with E-state index in [1.54, 1.807) is 0 Å². The van der Waals surface area contributed by atoms with Crippen molar-refractivity contribution in [2.24, 2.45) is 0 Å². The lowest BCUT2D eigenvalue weighted by molar-refractivity contribution is 1.12. The van der Waals surface area contributed by atoms with Gasteiger partial charge < -0.3 is 10.6 Å². The minimum Gasteiger partial charge on any atom is -0.381 e. The topological polar surface area (TPSA) is 55.0 Å². The number of benzene rings is 2. The normalized spacial score (nSPS) is 10.8. The number of para-hydroxylation sites is 2. The molecule has 0 aliphatic heterocycles. The van der Waals surface area contributed by atoms with Crippen LogP contribution in [0.2, 0.25) is 0 Å². The van der Waals surface area contributed by atoms with Crippen LogP contribution in [-0.4, -0.2) is 17.0 Å². The molecule has 0 amide bonds. The third kappa shape index (κ3) is 2.52. The first-order chi connectivity index (χ1) is 10.0. The van der Waals surface area contributed by atoms with E-state index in [-0.39, 0.29) is 0 Å². The van der Waals surface area contributed by atoms with Crippen LogP contribution in [0.15, 0.2) is 42.5 Å². The van der Waals surface area contributed by atoms with Crippen LogP contribution in [-0.2, 0) is 0 Å². The van der Waals surface area contributed by atoms with Gasteiger partial charge in [-0.05, 0) is 49.2 Å². The molecule has 0 unspecified atom stereocenters. The van der Waals surface area contributed by atoms with Crippen LogP contribution in [0.25, 0.3) is 11.0 Å². The van der Waals surface area contributed by atoms with Crippen LogP contribution in [0.1, 0.15) is 11.1 Å². The maximum absolute atomic E-state index is 6.09. The zero-order valence-corrected chi connectivity index (χ0v) is 12.5. The molecule has 0 saturated heterocycles. The molecule has 4 heteroatoms. The van der Waals surface area contributed by atoms with Gasteiger partial charge >= 0.3 is 0 Å². The van der Waals surface area contributed by atoms with E-state index in [0.29, 0.717) is 11.6 Å². The molecule has 0 saturated carbocycles. The molecule has 0 aliphatic rings. The standard InChI is InChI=1S/C17H18N4/c1-11-8-12(2)10-13(9-11)21(3)17-16(18)19-14-6-4-5-7-15(14)20-17/h4-10H,1-3H3,(H2,18,19). The summed E-state index contributed by atoms with van der Waals surface area (Å²) in [5.41, 5.74) is 11.2. The Hall–Kier alpha value is -2.62. The maximum Gasteiger partial charge on any atom is 0.176 e. The van der Waals surface area contributed by atoms with Crippen LogP contribution in [0.5, 0.6) is 0 Å². The fourth-order valence-electron chi connectivity index (χ4n) is 2.52. The Morgan fingerprint density at radius 3 is 2.10 bits per heavy atom. The molecule has 0 atom stereocenters. The van der Waals surface area contributed by atoms with E-state index in [1.165, 1.54) is 11.1 Å². The number of fused-ring (bicyclic) bond motifs is 1. The number of hydrogen-bond acceptors (Lipinski definition) is 4. The highest BCUT2D eigenvalue weighted by Gasteiger charge is 2.12. The second kappa shape index (κ2) is 5.05. The number of nitrogens with two attached hydrogens (primary N) is 1. The van der Waals surface area contributed by atoms with Crippen molar-refractivity contribution >= 4 is 28.4 Å². The zero-order valence-electron chi connectivity index (χ0n) is 12.5. The molecule has 21 heavy (non-hydrogen) atoms. The fourth-order valence-corrected chi connectivity index (χ4v) is 2.52. The molecular formula is C17H18N4. The van der Waals surface area contributed by atoms with E-state index >= 15 is 0 Å². The Bertz CT molecular complexity index is 791. The summed E-state index contributed by atoms with van der Waals surface area (Å²) < 4.78 is 0. The molecule has 3 aromatic rings. The second-order valence-electron chi connectivity index (χ2n) is 5.33. The molecule has 0 aliphatic carbocycles. The summed E-state index contributed by atoms with van der Waals surface area (Å²) in [6.45, 7) is 4.17. The minimum atomic E-state index is 0.440. The van der Waals surface area contributed by atoms with E-state index in [0.717, 1.165) is 16.7 Å². The van der Waals surface area contributed by atoms with Gasteiger partial charge in [0.2, 0.25) is 0 Å². The zero-order chi connectivity index (χ0) is 15.0. The molecule has 0 radical (unpaired) electrons. The third-order valence-corrected chi connectivity index (χ3v) is 3.49. The van der Waals surface area contributed by atoms with E-state index in [1.807, 2.05) is 36.2 Å². The summed E-state index contributed by atoms with van der Waals surface area (Å²) in [6.07, 6.45) is 0. The van der Waals surface area contributed by atoms with E-state index in [4.69, 9.17) is 5.73 Å². The Morgan fingerprint density at radius 1 is 0.905 bits per heavy atom. The van der Waals surface area contributed by atoms with Gasteiger partial charge in [-0.2, -0.15) is 0 Å². The van der Waals surface area contributed by atoms with E-state index in [9.17, 15) is 0 Å². The smallest absolute Gasteiger partial charge is 0.176 e. The van der Waals surface area contributed by atoms with Gasteiger partial charge in [0.15, 0.2) is 11.6 Å². The molecule has 2 N–H and O–H groups in total. The molecule has 0 bridgehead atoms. The number of hydrogen-bond donors (Lipinski definition) is 1. The Morgan fingerprint density at radius 2 is 1.48 bits per heavy atom. The van der Waals surface area contributed by atoms with Crippen molar-refractivity contribution in [1.82, 2.24) is 9.97 Å². The Balaban J connectivity index is 2.12. The number of nitrogens with zero attached hydrogens (tertiary/aromatic N) is 3. The third-order valence-electron chi connectivity index (χ3n) is 3.49. The van der Waals surface area contributed by atoms with Gasteiger partial charge in [-0.25, -0.2) is 9.97 Å². The van der Waals surface area contributed by atoms with Crippen molar-refractivity contribution in [3.05, 3.63) is 53.6 Å². The summed E-state index contributed by atoms with van der Waals surface area (Å²) in [7, 11) is 1.96. The van der Waals surface area contributed by atoms with Crippen LogP contribution >= 0.6 is 0 Å². The van der Waals surface area contributed by atoms with E-state index in [2.05, 4.69) is 42.0 Å². The first-order valence-electron chi connectivity index (χ1n) is 6.89. The average Bonchev–Trinajstić information content (AvgIpc) is 2.44. The summed E-state index contributed by atoms with van der Waals surface area (Å²) in [6, 6.07) is 14.1. The Labute approximate surface area is 124 Å². The summed E-state index contributed by atoms with van der Waals surface area (Å²) in [4.78, 5) is 11.1. The molecule has 1 aromatic heterocycles. The molecule has 106 valence electrons. The fraction of sp³-hybridized carbons (Fsp3) is 0.176. The van der Waals surface area contributed by atoms with Crippen molar-refractivity contribution in [2.45, 2.75) is 13.8 Å². The van der Waals surface area contributed by atoms with Crippen LogP contribution in [0.3, 0.4) is 0 Å². The van der Waals surface area contributed by atoms with Gasteiger partial charge in [0.25, 0.3) is 0 Å². The van der Waals surface area contributed by atoms with Gasteiger partial charge in [0.05, 0.1) is 11.0 Å². The van der Waals surface area contributed by atoms with E-state index < -0.39 is 0 Å². The molecule has 1 heterocycles. The lowest BCUT2D eigenvalue weighted by Gasteiger charge is -2.21. The second-order valence-corrected chi connectivity index (χ2v) is 5.33. The number of nitrogen functional groups attached to an aromatic ring is 1. The summed E-state index contributed by atoms with van der Waals surface area (Å²) in [5.74, 6) is 1.12. The van der Waals surface area contributed by atoms with Crippen LogP contribution in [0, 0.1) is 13.8 Å². The summed E-state index contributed by atoms with van der Waals surface area (Å²) in [5, 5.41) is 0. The van der Waals surface area contributed by atoms with Crippen LogP contribution < -0.4 is 10.6 Å². The SMILES string of the molecule is Cc1cc(C)cc(N(C)c2nc3ccccc3nc2N)c1. The molecule has 0 spiro atoms. The van der Waals surface area contributed by atoms with Crippen molar-refractivity contribution in [1.29, 1.82) is 0 Å². The highest BCUT2D eigenvalue weighted by Crippen LogP contribution is 2.28. The predicted molar refractivity (Wildman–Crippen MR) is 87.9 cm³/mol. The first-order valence-corrected chi connectivity index (χ1v) is 6.89. The molecule has 0 fully saturated rings. The quantitative estimate of drug-likeness (QED) is 0.778. The first kappa shape index (κ1) is 13.4. The maximum atomic E-state index is 6.09. The highest BCUT2D eigenvalue weighted by atomic mass is 15.2. The van der Waals surface area contributed by atoms with Gasteiger partial charge in [-0.1, -0.05) is 18.2 Å². The molecule has 3 rings (SSSR count). The molecule has 4 nitrogen and oxygen atoms in total. The number of rotatable bonds is 2. The number of anilines is 3. The highest BCUT2D eigenvalue weighted by molar-refractivity contribution is 5.81. The van der Waals surface area contributed by atoms with Crippen molar-refractivity contribution in [3.63, 3.8) is 0 Å². The predicted octanol–water partition coefficient (Wildman–Crippen LogP) is 3.60.